The van der Waals surface area contributed by atoms with Gasteiger partial charge in [-0.15, -0.1) is 11.3 Å². The quantitative estimate of drug-likeness (QED) is 0.785. The number of aromatic nitrogens is 1. The van der Waals surface area contributed by atoms with Crippen LogP contribution in [-0.2, 0) is 11.3 Å². The van der Waals surface area contributed by atoms with Gasteiger partial charge in [-0.3, -0.25) is 9.59 Å². The molecule has 27 heavy (non-hydrogen) atoms. The van der Waals surface area contributed by atoms with Crippen molar-refractivity contribution in [2.45, 2.75) is 51.0 Å². The third kappa shape index (κ3) is 3.06. The maximum Gasteiger partial charge on any atom is 0.259 e. The van der Waals surface area contributed by atoms with Crippen LogP contribution in [0.5, 0.6) is 0 Å². The first-order valence-electron chi connectivity index (χ1n) is 10.3. The van der Waals surface area contributed by atoms with Gasteiger partial charge in [0.15, 0.2) is 0 Å². The van der Waals surface area contributed by atoms with Gasteiger partial charge in [-0.2, -0.15) is 0 Å². The van der Waals surface area contributed by atoms with E-state index in [1.165, 1.54) is 19.3 Å². The lowest BCUT2D eigenvalue weighted by Crippen LogP contribution is -2.50. The Morgan fingerprint density at radius 1 is 1.04 bits per heavy atom. The van der Waals surface area contributed by atoms with Crippen molar-refractivity contribution >= 4 is 17.2 Å². The van der Waals surface area contributed by atoms with E-state index in [0.29, 0.717) is 17.7 Å². The Kier molecular flexibility index (Phi) is 4.43. The fourth-order valence-electron chi connectivity index (χ4n) is 5.35. The summed E-state index contributed by atoms with van der Waals surface area (Å²) in [4.78, 5) is 29.3. The zero-order chi connectivity index (χ0) is 18.4. The summed E-state index contributed by atoms with van der Waals surface area (Å²) in [6, 6.07) is 8.13. The highest BCUT2D eigenvalue weighted by Gasteiger charge is 2.38. The van der Waals surface area contributed by atoms with E-state index >= 15 is 0 Å². The van der Waals surface area contributed by atoms with E-state index in [1.54, 1.807) is 11.3 Å². The summed E-state index contributed by atoms with van der Waals surface area (Å²) in [6.45, 7) is 2.35. The first-order chi connectivity index (χ1) is 13.2. The smallest absolute Gasteiger partial charge is 0.259 e. The van der Waals surface area contributed by atoms with E-state index in [9.17, 15) is 9.59 Å². The van der Waals surface area contributed by atoms with Crippen molar-refractivity contribution < 1.29 is 4.79 Å². The molecule has 2 bridgehead atoms. The van der Waals surface area contributed by atoms with Crippen molar-refractivity contribution in [1.29, 1.82) is 0 Å². The minimum absolute atomic E-state index is 0.136. The Labute approximate surface area is 163 Å². The summed E-state index contributed by atoms with van der Waals surface area (Å²) >= 11 is 1.62. The number of nitrogens with zero attached hydrogens (tertiary/aromatic N) is 2. The molecular formula is C22H26N2O2S. The fraction of sp³-hybridized carbons (Fsp3) is 0.545. The SMILES string of the molecule is O=C(C1CCCCC1)N1C[C@H]2C[C@H](C1)c1ccc(-c3cccs3)c(=O)n1C2. The molecule has 3 aliphatic rings. The maximum atomic E-state index is 13.1. The second-order valence-electron chi connectivity index (χ2n) is 8.44. The van der Waals surface area contributed by atoms with Gasteiger partial charge in [0, 0.05) is 42.0 Å². The molecule has 142 valence electrons. The largest absolute Gasteiger partial charge is 0.341 e. The minimum Gasteiger partial charge on any atom is -0.341 e. The number of pyridine rings is 1. The number of fused-ring (bicyclic) bond motifs is 4. The van der Waals surface area contributed by atoms with E-state index in [4.69, 9.17) is 0 Å². The van der Waals surface area contributed by atoms with Crippen LogP contribution in [-0.4, -0.2) is 28.5 Å². The van der Waals surface area contributed by atoms with Crippen LogP contribution in [0.2, 0.25) is 0 Å². The lowest BCUT2D eigenvalue weighted by molar-refractivity contribution is -0.139. The molecule has 0 radical (unpaired) electrons. The van der Waals surface area contributed by atoms with E-state index in [2.05, 4.69) is 11.0 Å². The Bertz CT molecular complexity index is 896. The molecule has 5 rings (SSSR count). The van der Waals surface area contributed by atoms with Crippen LogP contribution in [0.4, 0.5) is 0 Å². The summed E-state index contributed by atoms with van der Waals surface area (Å²) in [5.74, 6) is 1.31. The highest BCUT2D eigenvalue weighted by atomic mass is 32.1. The Balaban J connectivity index is 1.42. The predicted octanol–water partition coefficient (Wildman–Crippen LogP) is 4.10. The molecule has 4 nitrogen and oxygen atoms in total. The number of rotatable bonds is 2. The molecule has 4 heterocycles. The number of hydrogen-bond donors (Lipinski definition) is 0. The molecule has 2 aromatic rings. The summed E-state index contributed by atoms with van der Waals surface area (Å²) in [5, 5.41) is 2.02. The van der Waals surface area contributed by atoms with Gasteiger partial charge in [0.25, 0.3) is 5.56 Å². The number of likely N-dealkylation sites (tertiary alicyclic amines) is 1. The topological polar surface area (TPSA) is 42.3 Å². The highest BCUT2D eigenvalue weighted by Crippen LogP contribution is 2.37. The summed E-state index contributed by atoms with van der Waals surface area (Å²) in [6.07, 6.45) is 6.89. The van der Waals surface area contributed by atoms with Crippen LogP contribution >= 0.6 is 11.3 Å². The predicted molar refractivity (Wildman–Crippen MR) is 108 cm³/mol. The third-order valence-electron chi connectivity index (χ3n) is 6.66. The molecule has 1 amide bonds. The van der Waals surface area contributed by atoms with E-state index < -0.39 is 0 Å². The molecule has 2 atom stereocenters. The monoisotopic (exact) mass is 382 g/mol. The summed E-state index contributed by atoms with van der Waals surface area (Å²) < 4.78 is 2.00. The fourth-order valence-corrected chi connectivity index (χ4v) is 6.10. The lowest BCUT2D eigenvalue weighted by atomic mass is 9.81. The molecule has 1 saturated heterocycles. The van der Waals surface area contributed by atoms with Gasteiger partial charge < -0.3 is 9.47 Å². The second kappa shape index (κ2) is 6.93. The van der Waals surface area contributed by atoms with Crippen molar-refractivity contribution in [3.63, 3.8) is 0 Å². The molecule has 0 unspecified atom stereocenters. The average molecular weight is 383 g/mol. The highest BCUT2D eigenvalue weighted by molar-refractivity contribution is 7.13. The first-order valence-corrected chi connectivity index (χ1v) is 11.1. The van der Waals surface area contributed by atoms with Gasteiger partial charge in [0.05, 0.1) is 5.56 Å². The minimum atomic E-state index is 0.136. The third-order valence-corrected chi connectivity index (χ3v) is 7.56. The normalized spacial score (nSPS) is 25.3. The molecule has 0 N–H and O–H groups in total. The van der Waals surface area contributed by atoms with Crippen molar-refractivity contribution in [3.05, 3.63) is 45.7 Å². The first kappa shape index (κ1) is 17.2. The molecule has 2 aromatic heterocycles. The van der Waals surface area contributed by atoms with Crippen molar-refractivity contribution in [3.8, 4) is 10.4 Å². The van der Waals surface area contributed by atoms with E-state index in [0.717, 1.165) is 55.0 Å². The molecule has 1 saturated carbocycles. The number of piperidine rings is 1. The molecule has 2 fully saturated rings. The van der Waals surface area contributed by atoms with Gasteiger partial charge >= 0.3 is 0 Å². The van der Waals surface area contributed by atoms with Crippen LogP contribution in [0.15, 0.2) is 34.4 Å². The van der Waals surface area contributed by atoms with Crippen LogP contribution in [0.1, 0.15) is 50.1 Å². The van der Waals surface area contributed by atoms with Crippen molar-refractivity contribution in [1.82, 2.24) is 9.47 Å². The lowest BCUT2D eigenvalue weighted by Gasteiger charge is -2.44. The van der Waals surface area contributed by atoms with Gasteiger partial charge in [-0.1, -0.05) is 25.3 Å². The molecule has 5 heteroatoms. The van der Waals surface area contributed by atoms with Gasteiger partial charge in [-0.25, -0.2) is 0 Å². The number of hydrogen-bond acceptors (Lipinski definition) is 3. The van der Waals surface area contributed by atoms with Crippen LogP contribution in [0.25, 0.3) is 10.4 Å². The van der Waals surface area contributed by atoms with Crippen LogP contribution in [0, 0.1) is 11.8 Å². The molecule has 0 spiro atoms. The average Bonchev–Trinajstić information content (AvgIpc) is 3.23. The summed E-state index contributed by atoms with van der Waals surface area (Å²) in [7, 11) is 0. The Morgan fingerprint density at radius 3 is 2.67 bits per heavy atom. The Hall–Kier alpha value is -1.88. The van der Waals surface area contributed by atoms with Crippen LogP contribution in [0.3, 0.4) is 0 Å². The molecule has 1 aliphatic carbocycles. The Morgan fingerprint density at radius 2 is 1.89 bits per heavy atom. The van der Waals surface area contributed by atoms with E-state index in [1.807, 2.05) is 28.1 Å². The maximum absolute atomic E-state index is 13.1. The number of carbonyl (C=O) groups is 1. The number of thiophene rings is 1. The number of amides is 1. The zero-order valence-electron chi connectivity index (χ0n) is 15.6. The van der Waals surface area contributed by atoms with Gasteiger partial charge in [0.1, 0.15) is 0 Å². The van der Waals surface area contributed by atoms with Crippen LogP contribution < -0.4 is 5.56 Å². The molecular weight excluding hydrogens is 356 g/mol. The van der Waals surface area contributed by atoms with E-state index in [-0.39, 0.29) is 11.5 Å². The van der Waals surface area contributed by atoms with Crippen molar-refractivity contribution in [2.24, 2.45) is 11.8 Å². The standard InChI is InChI=1S/C22H26N2O2S/c25-21(16-5-2-1-3-6-16)23-12-15-11-17(14-23)19-9-8-18(20-7-4-10-27-20)22(26)24(19)13-15/h4,7-10,15-17H,1-3,5-6,11-14H2/t15-,17-/m1/s1. The zero-order valence-corrected chi connectivity index (χ0v) is 16.4. The molecule has 2 aliphatic heterocycles. The number of carbonyl (C=O) groups excluding carboxylic acids is 1. The molecule has 0 aromatic carbocycles. The van der Waals surface area contributed by atoms with Gasteiger partial charge in [-0.05, 0) is 48.8 Å². The summed E-state index contributed by atoms with van der Waals surface area (Å²) in [5.41, 5.74) is 2.07. The van der Waals surface area contributed by atoms with Crippen molar-refractivity contribution in [2.75, 3.05) is 13.1 Å². The van der Waals surface area contributed by atoms with Gasteiger partial charge in [0.2, 0.25) is 5.91 Å². The second-order valence-corrected chi connectivity index (χ2v) is 9.39.